The van der Waals surface area contributed by atoms with Crippen LogP contribution in [-0.4, -0.2) is 38.1 Å². The molecule has 0 radical (unpaired) electrons. The first kappa shape index (κ1) is 14.2. The molecule has 1 aliphatic rings. The molecule has 23 heavy (non-hydrogen) atoms. The van der Waals surface area contributed by atoms with Crippen molar-refractivity contribution in [2.75, 3.05) is 38.1 Å². The summed E-state index contributed by atoms with van der Waals surface area (Å²) in [6, 6.07) is 10.7. The molecule has 3 aromatic rings. The average molecular weight is 308 g/mol. The summed E-state index contributed by atoms with van der Waals surface area (Å²) in [5.41, 5.74) is 5.81. The molecule has 2 aromatic heterocycles. The minimum absolute atomic E-state index is 1.05. The number of piperazine rings is 1. The molecule has 0 unspecified atom stereocenters. The largest absolute Gasteiger partial charge is 0.472 e. The zero-order valence-electron chi connectivity index (χ0n) is 13.2. The van der Waals surface area contributed by atoms with E-state index in [1.165, 1.54) is 16.8 Å². The van der Waals surface area contributed by atoms with Gasteiger partial charge < -0.3 is 18.6 Å². The second kappa shape index (κ2) is 5.97. The fourth-order valence-corrected chi connectivity index (χ4v) is 3.05. The highest BCUT2D eigenvalue weighted by atomic mass is 16.3. The lowest BCUT2D eigenvalue weighted by Gasteiger charge is -2.34. The molecular weight excluding hydrogens is 288 g/mol. The normalized spacial score (nSPS) is 16.0. The van der Waals surface area contributed by atoms with E-state index < -0.39 is 0 Å². The summed E-state index contributed by atoms with van der Waals surface area (Å²) in [6.45, 7) is 4.29. The van der Waals surface area contributed by atoms with Gasteiger partial charge in [-0.15, -0.1) is 0 Å². The number of hydrogen-bond acceptors (Lipinski definition) is 4. The zero-order valence-corrected chi connectivity index (χ0v) is 13.2. The Morgan fingerprint density at radius 2 is 1.30 bits per heavy atom. The number of furan rings is 2. The second-order valence-electron chi connectivity index (χ2n) is 6.08. The number of benzene rings is 1. The van der Waals surface area contributed by atoms with Gasteiger partial charge in [0.15, 0.2) is 0 Å². The van der Waals surface area contributed by atoms with Crippen molar-refractivity contribution in [3.63, 3.8) is 0 Å². The maximum atomic E-state index is 5.26. The molecule has 1 aliphatic heterocycles. The average Bonchev–Trinajstić information content (AvgIpc) is 3.29. The van der Waals surface area contributed by atoms with Crippen molar-refractivity contribution < 1.29 is 8.83 Å². The lowest BCUT2D eigenvalue weighted by atomic mass is 10.0. The van der Waals surface area contributed by atoms with Gasteiger partial charge in [0.1, 0.15) is 0 Å². The predicted molar refractivity (Wildman–Crippen MR) is 91.6 cm³/mol. The summed E-state index contributed by atoms with van der Waals surface area (Å²) in [7, 11) is 2.18. The van der Waals surface area contributed by atoms with Crippen molar-refractivity contribution in [2.24, 2.45) is 0 Å². The third kappa shape index (κ3) is 2.90. The van der Waals surface area contributed by atoms with Gasteiger partial charge in [0.25, 0.3) is 0 Å². The zero-order chi connectivity index (χ0) is 15.6. The first-order chi connectivity index (χ1) is 11.3. The van der Waals surface area contributed by atoms with Crippen LogP contribution >= 0.6 is 0 Å². The molecule has 0 saturated carbocycles. The molecule has 3 heterocycles. The molecule has 0 spiro atoms. The Morgan fingerprint density at radius 3 is 1.78 bits per heavy atom. The molecule has 4 heteroatoms. The standard InChI is InChI=1S/C19H20N2O2/c1-20-4-6-21(7-5-20)19-11-17(15-2-8-22-13-15)10-18(12-19)16-3-9-23-14-16/h2-3,8-14H,4-7H2,1H3. The second-order valence-corrected chi connectivity index (χ2v) is 6.08. The minimum atomic E-state index is 1.05. The molecular formula is C19H20N2O2. The molecule has 1 fully saturated rings. The molecule has 1 aromatic carbocycles. The van der Waals surface area contributed by atoms with Gasteiger partial charge in [-0.2, -0.15) is 0 Å². The molecule has 0 aliphatic carbocycles. The Balaban J connectivity index is 1.76. The lowest BCUT2D eigenvalue weighted by Crippen LogP contribution is -2.44. The summed E-state index contributed by atoms with van der Waals surface area (Å²) in [5.74, 6) is 0. The van der Waals surface area contributed by atoms with Crippen LogP contribution in [0.2, 0.25) is 0 Å². The predicted octanol–water partition coefficient (Wildman–Crippen LogP) is 3.96. The highest BCUT2D eigenvalue weighted by Crippen LogP contribution is 2.32. The van der Waals surface area contributed by atoms with Crippen molar-refractivity contribution in [1.29, 1.82) is 0 Å². The van der Waals surface area contributed by atoms with E-state index in [9.17, 15) is 0 Å². The van der Waals surface area contributed by atoms with Gasteiger partial charge >= 0.3 is 0 Å². The molecule has 4 nitrogen and oxygen atoms in total. The number of nitrogens with zero attached hydrogens (tertiary/aromatic N) is 2. The van der Waals surface area contributed by atoms with Gasteiger partial charge in [0.05, 0.1) is 25.1 Å². The van der Waals surface area contributed by atoms with Crippen LogP contribution < -0.4 is 4.90 Å². The molecule has 118 valence electrons. The van der Waals surface area contributed by atoms with E-state index in [0.29, 0.717) is 0 Å². The molecule has 1 saturated heterocycles. The first-order valence-electron chi connectivity index (χ1n) is 7.93. The monoisotopic (exact) mass is 308 g/mol. The van der Waals surface area contributed by atoms with Gasteiger partial charge in [-0.05, 0) is 48.5 Å². The number of hydrogen-bond donors (Lipinski definition) is 0. The van der Waals surface area contributed by atoms with Crippen molar-refractivity contribution in [3.8, 4) is 22.3 Å². The van der Waals surface area contributed by atoms with Crippen molar-refractivity contribution in [2.45, 2.75) is 0 Å². The fourth-order valence-electron chi connectivity index (χ4n) is 3.05. The Hall–Kier alpha value is -2.46. The number of anilines is 1. The number of rotatable bonds is 3. The van der Waals surface area contributed by atoms with Crippen LogP contribution in [0.25, 0.3) is 22.3 Å². The maximum Gasteiger partial charge on any atom is 0.0980 e. The molecule has 0 atom stereocenters. The van der Waals surface area contributed by atoms with E-state index in [-0.39, 0.29) is 0 Å². The topological polar surface area (TPSA) is 32.8 Å². The summed E-state index contributed by atoms with van der Waals surface area (Å²) < 4.78 is 10.5. The van der Waals surface area contributed by atoms with Gasteiger partial charge in [0.2, 0.25) is 0 Å². The maximum absolute atomic E-state index is 5.26. The van der Waals surface area contributed by atoms with E-state index in [0.717, 1.165) is 37.3 Å². The highest BCUT2D eigenvalue weighted by molar-refractivity contribution is 5.77. The lowest BCUT2D eigenvalue weighted by molar-refractivity contribution is 0.313. The first-order valence-corrected chi connectivity index (χ1v) is 7.93. The number of likely N-dealkylation sites (N-methyl/N-ethyl adjacent to an activating group) is 1. The third-order valence-corrected chi connectivity index (χ3v) is 4.50. The van der Waals surface area contributed by atoms with Gasteiger partial charge in [-0.25, -0.2) is 0 Å². The van der Waals surface area contributed by atoms with Crippen LogP contribution in [0.1, 0.15) is 0 Å². The fraction of sp³-hybridized carbons (Fsp3) is 0.263. The van der Waals surface area contributed by atoms with Gasteiger partial charge in [0, 0.05) is 43.0 Å². The van der Waals surface area contributed by atoms with Crippen LogP contribution in [-0.2, 0) is 0 Å². The summed E-state index contributed by atoms with van der Waals surface area (Å²) in [5, 5.41) is 0. The SMILES string of the molecule is CN1CCN(c2cc(-c3ccoc3)cc(-c3ccoc3)c2)CC1. The Kier molecular flexibility index (Phi) is 3.67. The van der Waals surface area contributed by atoms with E-state index >= 15 is 0 Å². The molecule has 0 amide bonds. The van der Waals surface area contributed by atoms with E-state index in [1.807, 2.05) is 12.1 Å². The Labute approximate surface area is 135 Å². The molecule has 4 rings (SSSR count). The minimum Gasteiger partial charge on any atom is -0.472 e. The van der Waals surface area contributed by atoms with Gasteiger partial charge in [-0.3, -0.25) is 0 Å². The highest BCUT2D eigenvalue weighted by Gasteiger charge is 2.16. The quantitative estimate of drug-likeness (QED) is 0.733. The molecule has 0 bridgehead atoms. The van der Waals surface area contributed by atoms with Crippen molar-refractivity contribution in [3.05, 3.63) is 55.4 Å². The van der Waals surface area contributed by atoms with Crippen LogP contribution in [0.15, 0.2) is 64.2 Å². The smallest absolute Gasteiger partial charge is 0.0980 e. The van der Waals surface area contributed by atoms with E-state index in [2.05, 4.69) is 35.0 Å². The van der Waals surface area contributed by atoms with E-state index in [1.54, 1.807) is 25.1 Å². The summed E-state index contributed by atoms with van der Waals surface area (Å²) in [6.07, 6.45) is 7.02. The van der Waals surface area contributed by atoms with Crippen LogP contribution in [0.5, 0.6) is 0 Å². The summed E-state index contributed by atoms with van der Waals surface area (Å²) >= 11 is 0. The van der Waals surface area contributed by atoms with E-state index in [4.69, 9.17) is 8.83 Å². The Bertz CT molecular complexity index is 702. The van der Waals surface area contributed by atoms with Crippen LogP contribution in [0.3, 0.4) is 0 Å². The van der Waals surface area contributed by atoms with Crippen LogP contribution in [0.4, 0.5) is 5.69 Å². The van der Waals surface area contributed by atoms with Gasteiger partial charge in [-0.1, -0.05) is 0 Å². The Morgan fingerprint density at radius 1 is 0.739 bits per heavy atom. The third-order valence-electron chi connectivity index (χ3n) is 4.50. The molecule has 0 N–H and O–H groups in total. The van der Waals surface area contributed by atoms with Crippen LogP contribution in [0, 0.1) is 0 Å². The summed E-state index contributed by atoms with van der Waals surface area (Å²) in [4.78, 5) is 4.82. The van der Waals surface area contributed by atoms with Crippen molar-refractivity contribution in [1.82, 2.24) is 4.90 Å². The van der Waals surface area contributed by atoms with Crippen molar-refractivity contribution >= 4 is 5.69 Å².